The van der Waals surface area contributed by atoms with E-state index in [0.717, 1.165) is 11.3 Å². The molecule has 1 N–H and O–H groups in total. The highest BCUT2D eigenvalue weighted by atomic mass is 32.2. The summed E-state index contributed by atoms with van der Waals surface area (Å²) in [7, 11) is -1.39. The van der Waals surface area contributed by atoms with Gasteiger partial charge < -0.3 is 15.0 Å². The third-order valence-corrected chi connectivity index (χ3v) is 10.1. The first-order valence-corrected chi connectivity index (χ1v) is 15.7. The van der Waals surface area contributed by atoms with Crippen LogP contribution in [-0.2, 0) is 48.2 Å². The minimum absolute atomic E-state index is 0.0935. The van der Waals surface area contributed by atoms with Crippen LogP contribution in [0.3, 0.4) is 0 Å². The molecule has 3 rings (SSSR count). The Morgan fingerprint density at radius 2 is 1.73 bits per heavy atom. The molecule has 220 valence electrons. The van der Waals surface area contributed by atoms with E-state index in [4.69, 9.17) is 4.74 Å². The van der Waals surface area contributed by atoms with Crippen LogP contribution < -0.4 is 5.32 Å². The van der Waals surface area contributed by atoms with Gasteiger partial charge in [0.1, 0.15) is 10.8 Å². The number of ether oxygens (including phenoxy) is 1. The molecule has 3 aromatic rings. The van der Waals surface area contributed by atoms with E-state index in [9.17, 15) is 22.8 Å². The number of pyridine rings is 1. The Labute approximate surface area is 245 Å². The zero-order valence-corrected chi connectivity index (χ0v) is 25.3. The number of aromatic nitrogens is 2. The molecule has 0 bridgehead atoms. The van der Waals surface area contributed by atoms with Crippen molar-refractivity contribution in [3.05, 3.63) is 82.6 Å². The fourth-order valence-corrected chi connectivity index (χ4v) is 6.50. The highest BCUT2D eigenvalue weighted by Gasteiger charge is 2.45. The van der Waals surface area contributed by atoms with Gasteiger partial charge in [0.05, 0.1) is 30.0 Å². The molecule has 0 spiro atoms. The van der Waals surface area contributed by atoms with Gasteiger partial charge in [-0.1, -0.05) is 36.4 Å². The molecule has 10 nitrogen and oxygen atoms in total. The van der Waals surface area contributed by atoms with Crippen molar-refractivity contribution in [2.75, 3.05) is 26.5 Å². The van der Waals surface area contributed by atoms with E-state index in [1.54, 1.807) is 54.5 Å². The zero-order chi connectivity index (χ0) is 30.0. The molecule has 0 aliphatic rings. The molecule has 0 unspecified atom stereocenters. The summed E-state index contributed by atoms with van der Waals surface area (Å²) in [6, 6.07) is 13.4. The lowest BCUT2D eigenvalue weighted by Crippen LogP contribution is -2.52. The number of esters is 1. The topological polar surface area (TPSA) is 136 Å². The molecule has 0 saturated heterocycles. The van der Waals surface area contributed by atoms with E-state index >= 15 is 0 Å². The van der Waals surface area contributed by atoms with Crippen molar-refractivity contribution < 1.29 is 27.5 Å². The molecule has 2 atom stereocenters. The number of nitrogens with zero attached hydrogens (tertiary/aromatic N) is 3. The molecule has 12 heteroatoms. The minimum atomic E-state index is -4.16. The number of thiazole rings is 1. The van der Waals surface area contributed by atoms with Crippen LogP contribution in [0.25, 0.3) is 0 Å². The van der Waals surface area contributed by atoms with Gasteiger partial charge in [0.15, 0.2) is 9.84 Å². The smallest absolute Gasteiger partial charge is 0.328 e. The van der Waals surface area contributed by atoms with E-state index in [1.165, 1.54) is 37.2 Å². The first kappa shape index (κ1) is 31.9. The predicted octanol–water partition coefficient (Wildman–Crippen LogP) is 2.49. The summed E-state index contributed by atoms with van der Waals surface area (Å²) >= 11 is 1.35. The number of carbonyl (C=O) groups is 3. The van der Waals surface area contributed by atoms with Crippen molar-refractivity contribution in [3.63, 3.8) is 0 Å². The lowest BCUT2D eigenvalue weighted by Gasteiger charge is -2.31. The van der Waals surface area contributed by atoms with E-state index < -0.39 is 50.1 Å². The number of nitrogens with one attached hydrogen (secondary N) is 1. The van der Waals surface area contributed by atoms with Crippen molar-refractivity contribution in [1.82, 2.24) is 20.2 Å². The number of hydrogen-bond acceptors (Lipinski definition) is 9. The average Bonchev–Trinajstić information content (AvgIpc) is 3.48. The molecule has 0 fully saturated rings. The van der Waals surface area contributed by atoms with Crippen LogP contribution in [0.15, 0.2) is 65.6 Å². The summed E-state index contributed by atoms with van der Waals surface area (Å²) in [5, 5.41) is 4.43. The maximum Gasteiger partial charge on any atom is 0.328 e. The molecule has 41 heavy (non-hydrogen) atoms. The van der Waals surface area contributed by atoms with Gasteiger partial charge >= 0.3 is 5.97 Å². The van der Waals surface area contributed by atoms with Crippen molar-refractivity contribution in [2.24, 2.45) is 5.92 Å². The summed E-state index contributed by atoms with van der Waals surface area (Å²) in [6.07, 6.45) is 2.31. The van der Waals surface area contributed by atoms with Gasteiger partial charge in [-0.2, -0.15) is 0 Å². The number of rotatable bonds is 14. The second kappa shape index (κ2) is 14.3. The Balaban J connectivity index is 1.80. The van der Waals surface area contributed by atoms with Crippen LogP contribution in [0.2, 0.25) is 0 Å². The summed E-state index contributed by atoms with van der Waals surface area (Å²) in [6.45, 7) is 3.00. The summed E-state index contributed by atoms with van der Waals surface area (Å²) in [5.41, 5.74) is 3.74. The summed E-state index contributed by atoms with van der Waals surface area (Å²) in [4.78, 5) is 49.2. The van der Waals surface area contributed by atoms with Crippen molar-refractivity contribution in [3.8, 4) is 0 Å². The largest absolute Gasteiger partial charge is 0.467 e. The van der Waals surface area contributed by atoms with E-state index in [1.807, 2.05) is 18.2 Å². The molecule has 2 amide bonds. The summed E-state index contributed by atoms with van der Waals surface area (Å²) < 4.78 is 30.6. The van der Waals surface area contributed by atoms with Crippen LogP contribution in [0.4, 0.5) is 0 Å². The maximum absolute atomic E-state index is 13.8. The Morgan fingerprint density at radius 1 is 1.02 bits per heavy atom. The number of benzene rings is 1. The quantitative estimate of drug-likeness (QED) is 0.279. The van der Waals surface area contributed by atoms with Gasteiger partial charge in [0.2, 0.25) is 11.8 Å². The van der Waals surface area contributed by atoms with Gasteiger partial charge in [0.25, 0.3) is 0 Å². The Morgan fingerprint density at radius 3 is 2.34 bits per heavy atom. The maximum atomic E-state index is 13.8. The molecular weight excluding hydrogens is 564 g/mol. The highest BCUT2D eigenvalue weighted by Crippen LogP contribution is 2.25. The van der Waals surface area contributed by atoms with Gasteiger partial charge in [-0.3, -0.25) is 14.6 Å². The number of amides is 2. The molecule has 0 aliphatic heterocycles. The minimum Gasteiger partial charge on any atom is -0.467 e. The fraction of sp³-hybridized carbons (Fsp3) is 0.414. The van der Waals surface area contributed by atoms with E-state index in [0.29, 0.717) is 12.1 Å². The van der Waals surface area contributed by atoms with Crippen LogP contribution >= 0.6 is 11.3 Å². The number of carbonyl (C=O) groups excluding carboxylic acids is 3. The monoisotopic (exact) mass is 600 g/mol. The van der Waals surface area contributed by atoms with Crippen molar-refractivity contribution in [2.45, 2.75) is 43.9 Å². The van der Waals surface area contributed by atoms with Crippen molar-refractivity contribution in [1.29, 1.82) is 0 Å². The Bertz CT molecular complexity index is 1400. The van der Waals surface area contributed by atoms with Gasteiger partial charge in [-0.05, 0) is 38.0 Å². The number of likely N-dealkylation sites (N-methyl/N-ethyl adjacent to an activating group) is 1. The van der Waals surface area contributed by atoms with Crippen LogP contribution in [0, 0.1) is 5.92 Å². The fourth-order valence-electron chi connectivity index (χ4n) is 4.29. The van der Waals surface area contributed by atoms with Gasteiger partial charge in [-0.15, -0.1) is 11.3 Å². The van der Waals surface area contributed by atoms with E-state index in [-0.39, 0.29) is 19.4 Å². The lowest BCUT2D eigenvalue weighted by atomic mass is 9.99. The first-order valence-electron chi connectivity index (χ1n) is 13.1. The number of sulfone groups is 1. The Kier molecular flexibility index (Phi) is 11.1. The highest BCUT2D eigenvalue weighted by molar-refractivity contribution is 7.93. The number of hydrogen-bond donors (Lipinski definition) is 1. The van der Waals surface area contributed by atoms with Crippen LogP contribution in [-0.4, -0.2) is 78.3 Å². The molecule has 0 saturated carbocycles. The molecule has 2 heterocycles. The molecule has 0 radical (unpaired) electrons. The Hall–Kier alpha value is -3.64. The summed E-state index contributed by atoms with van der Waals surface area (Å²) in [5.74, 6) is -3.54. The molecule has 2 aromatic heterocycles. The first-order chi connectivity index (χ1) is 19.4. The van der Waals surface area contributed by atoms with Gasteiger partial charge in [0, 0.05) is 43.7 Å². The molecule has 0 aliphatic carbocycles. The van der Waals surface area contributed by atoms with Crippen LogP contribution in [0.1, 0.15) is 30.8 Å². The lowest BCUT2D eigenvalue weighted by molar-refractivity contribution is -0.145. The van der Waals surface area contributed by atoms with E-state index in [2.05, 4.69) is 15.3 Å². The third kappa shape index (κ3) is 8.67. The predicted molar refractivity (Wildman–Crippen MR) is 157 cm³/mol. The standard InChI is InChI=1S/C29H36N4O6S2/c1-29(2,28(36)33(3)15-13-23-12-8-9-14-30-23)41(37,38)19-22(16-21-10-6-5-7-11-21)26(34)32-25(27(35)39-4)17-24-18-40-20-31-24/h5-12,14,18,20,22,25H,13,15-17,19H2,1-4H3,(H,32,34)/t22-,25+/m1/s1. The zero-order valence-electron chi connectivity index (χ0n) is 23.6. The normalized spacial score (nSPS) is 13.2. The average molecular weight is 601 g/mol. The number of methoxy groups -OCH3 is 1. The molecular formula is C29H36N4O6S2. The van der Waals surface area contributed by atoms with Crippen LogP contribution in [0.5, 0.6) is 0 Å². The van der Waals surface area contributed by atoms with Crippen molar-refractivity contribution >= 4 is 39.0 Å². The second-order valence-corrected chi connectivity index (χ2v) is 13.5. The SMILES string of the molecule is COC(=O)[C@H](Cc1cscn1)NC(=O)[C@H](Cc1ccccc1)CS(=O)(=O)C(C)(C)C(=O)N(C)CCc1ccccn1. The van der Waals surface area contributed by atoms with Gasteiger partial charge in [-0.25, -0.2) is 18.2 Å². The molecule has 1 aromatic carbocycles. The second-order valence-electron chi connectivity index (χ2n) is 10.2. The third-order valence-electron chi connectivity index (χ3n) is 6.88.